The highest BCUT2D eigenvalue weighted by Gasteiger charge is 2.35. The molecule has 134 valence electrons. The molecule has 0 spiro atoms. The van der Waals surface area contributed by atoms with Gasteiger partial charge in [-0.2, -0.15) is 0 Å². The van der Waals surface area contributed by atoms with Crippen LogP contribution in [0.3, 0.4) is 0 Å². The van der Waals surface area contributed by atoms with Gasteiger partial charge in [0.05, 0.1) is 7.11 Å². The zero-order chi connectivity index (χ0) is 18.7. The molecular weight excluding hydrogens is 360 g/mol. The summed E-state index contributed by atoms with van der Waals surface area (Å²) in [6, 6.07) is 3.79. The number of aromatic nitrogens is 1. The van der Waals surface area contributed by atoms with Gasteiger partial charge in [-0.25, -0.2) is 14.7 Å². The fourth-order valence-corrected chi connectivity index (χ4v) is 2.80. The van der Waals surface area contributed by atoms with Crippen LogP contribution in [0.4, 0.5) is 9.93 Å². The number of rotatable bonds is 5. The van der Waals surface area contributed by atoms with Crippen LogP contribution >= 0.6 is 11.3 Å². The number of ether oxygens (including phenoxy) is 1. The largest absolute Gasteiger partial charge is 0.504 e. The third-order valence-electron chi connectivity index (χ3n) is 3.46. The Morgan fingerprint density at radius 1 is 1.46 bits per heavy atom. The smallest absolute Gasteiger partial charge is 0.329 e. The van der Waals surface area contributed by atoms with E-state index >= 15 is 0 Å². The minimum absolute atomic E-state index is 0.0183. The first kappa shape index (κ1) is 17.4. The first-order valence-corrected chi connectivity index (χ1v) is 8.27. The average molecular weight is 374 g/mol. The van der Waals surface area contributed by atoms with Gasteiger partial charge in [0.25, 0.3) is 5.91 Å². The van der Waals surface area contributed by atoms with E-state index in [-0.39, 0.29) is 17.2 Å². The van der Waals surface area contributed by atoms with Crippen LogP contribution in [0.2, 0.25) is 0 Å². The number of hydrogen-bond donors (Lipinski definition) is 3. The first-order chi connectivity index (χ1) is 12.5. The number of thiazole rings is 1. The van der Waals surface area contributed by atoms with Crippen LogP contribution in [-0.2, 0) is 9.59 Å². The molecule has 0 aliphatic carbocycles. The first-order valence-electron chi connectivity index (χ1n) is 7.39. The number of carbonyl (C=O) groups is 3. The number of imide groups is 1. The maximum Gasteiger partial charge on any atom is 0.329 e. The van der Waals surface area contributed by atoms with Gasteiger partial charge in [-0.1, -0.05) is 6.07 Å². The van der Waals surface area contributed by atoms with E-state index in [0.29, 0.717) is 10.7 Å². The van der Waals surface area contributed by atoms with Crippen molar-refractivity contribution in [2.75, 3.05) is 19.0 Å². The number of phenols is 1. The van der Waals surface area contributed by atoms with Gasteiger partial charge >= 0.3 is 6.03 Å². The average Bonchev–Trinajstić information content (AvgIpc) is 3.20. The van der Waals surface area contributed by atoms with Gasteiger partial charge in [0.2, 0.25) is 5.91 Å². The van der Waals surface area contributed by atoms with Crippen LogP contribution in [0.25, 0.3) is 6.08 Å². The van der Waals surface area contributed by atoms with Crippen molar-refractivity contribution in [1.29, 1.82) is 0 Å². The normalized spacial score (nSPS) is 15.3. The van der Waals surface area contributed by atoms with Gasteiger partial charge in [-0.05, 0) is 23.8 Å². The molecule has 0 radical (unpaired) electrons. The van der Waals surface area contributed by atoms with Crippen LogP contribution < -0.4 is 15.4 Å². The van der Waals surface area contributed by atoms with Crippen LogP contribution in [0.15, 0.2) is 35.5 Å². The molecule has 3 rings (SSSR count). The number of anilines is 1. The van der Waals surface area contributed by atoms with Crippen molar-refractivity contribution in [3.63, 3.8) is 0 Å². The summed E-state index contributed by atoms with van der Waals surface area (Å²) in [6.45, 7) is -0.430. The van der Waals surface area contributed by atoms with Gasteiger partial charge in [-0.3, -0.25) is 9.59 Å². The molecule has 2 aromatic rings. The number of hydrogen-bond acceptors (Lipinski definition) is 7. The van der Waals surface area contributed by atoms with E-state index in [2.05, 4.69) is 15.6 Å². The van der Waals surface area contributed by atoms with Crippen molar-refractivity contribution in [3.8, 4) is 11.5 Å². The zero-order valence-corrected chi connectivity index (χ0v) is 14.4. The standard InChI is InChI=1S/C16H14N4O5S/c1-25-12-7-9(2-3-11(12)21)6-10-14(23)20(16(24)18-10)8-13(22)19-15-17-4-5-26-15/h2-7,21H,8H2,1H3,(H,18,24)(H,17,19,22)/b10-6-. The zero-order valence-electron chi connectivity index (χ0n) is 13.6. The molecule has 9 nitrogen and oxygen atoms in total. The summed E-state index contributed by atoms with van der Waals surface area (Å²) in [5.41, 5.74) is 0.558. The van der Waals surface area contributed by atoms with E-state index in [1.165, 1.54) is 42.9 Å². The Kier molecular flexibility index (Phi) is 4.85. The third kappa shape index (κ3) is 3.64. The Balaban J connectivity index is 1.73. The number of nitrogens with one attached hydrogen (secondary N) is 2. The van der Waals surface area contributed by atoms with Crippen molar-refractivity contribution in [2.24, 2.45) is 0 Å². The molecule has 1 fully saturated rings. The number of aromatic hydroxyl groups is 1. The minimum atomic E-state index is -0.693. The number of carbonyl (C=O) groups excluding carboxylic acids is 3. The van der Waals surface area contributed by atoms with E-state index in [1.807, 2.05) is 0 Å². The maximum absolute atomic E-state index is 12.4. The number of urea groups is 1. The Bertz CT molecular complexity index is 894. The molecule has 26 heavy (non-hydrogen) atoms. The summed E-state index contributed by atoms with van der Waals surface area (Å²) in [5.74, 6) is -0.972. The second kappa shape index (κ2) is 7.23. The molecule has 1 aliphatic heterocycles. The number of methoxy groups -OCH3 is 1. The number of phenolic OH excluding ortho intramolecular Hbond substituents is 1. The van der Waals surface area contributed by atoms with E-state index in [4.69, 9.17) is 4.74 Å². The van der Waals surface area contributed by atoms with Gasteiger partial charge in [0.1, 0.15) is 12.2 Å². The van der Waals surface area contributed by atoms with Gasteiger partial charge < -0.3 is 20.5 Å². The molecule has 0 bridgehead atoms. The number of amides is 4. The second-order valence-electron chi connectivity index (χ2n) is 5.20. The summed E-state index contributed by atoms with van der Waals surface area (Å²) in [7, 11) is 1.40. The monoisotopic (exact) mass is 374 g/mol. The molecule has 0 atom stereocenters. The minimum Gasteiger partial charge on any atom is -0.504 e. The molecule has 1 aromatic heterocycles. The highest BCUT2D eigenvalue weighted by molar-refractivity contribution is 7.13. The molecule has 0 saturated carbocycles. The number of benzene rings is 1. The Labute approximate surface area is 151 Å². The van der Waals surface area contributed by atoms with Crippen molar-refractivity contribution >= 4 is 40.4 Å². The molecule has 4 amide bonds. The molecule has 1 aromatic carbocycles. The Hall–Kier alpha value is -3.40. The highest BCUT2D eigenvalue weighted by atomic mass is 32.1. The lowest BCUT2D eigenvalue weighted by Crippen LogP contribution is -2.38. The van der Waals surface area contributed by atoms with E-state index in [9.17, 15) is 19.5 Å². The topological polar surface area (TPSA) is 121 Å². The van der Waals surface area contributed by atoms with Gasteiger partial charge in [0, 0.05) is 11.6 Å². The van der Waals surface area contributed by atoms with Crippen molar-refractivity contribution in [2.45, 2.75) is 0 Å². The molecular formula is C16H14N4O5S. The van der Waals surface area contributed by atoms with Gasteiger partial charge in [0.15, 0.2) is 16.6 Å². The summed E-state index contributed by atoms with van der Waals surface area (Å²) < 4.78 is 5.00. The summed E-state index contributed by atoms with van der Waals surface area (Å²) >= 11 is 1.23. The van der Waals surface area contributed by atoms with Crippen LogP contribution in [0.1, 0.15) is 5.56 Å². The fourth-order valence-electron chi connectivity index (χ4n) is 2.25. The fraction of sp³-hybridized carbons (Fsp3) is 0.125. The molecule has 2 heterocycles. The molecule has 3 N–H and O–H groups in total. The van der Waals surface area contributed by atoms with E-state index < -0.39 is 24.4 Å². The molecule has 1 saturated heterocycles. The lowest BCUT2D eigenvalue weighted by Gasteiger charge is -2.10. The van der Waals surface area contributed by atoms with E-state index in [0.717, 1.165) is 4.90 Å². The lowest BCUT2D eigenvalue weighted by molar-refractivity contribution is -0.127. The molecule has 10 heteroatoms. The van der Waals surface area contributed by atoms with Crippen molar-refractivity contribution < 1.29 is 24.2 Å². The van der Waals surface area contributed by atoms with Crippen molar-refractivity contribution in [1.82, 2.24) is 15.2 Å². The third-order valence-corrected chi connectivity index (χ3v) is 4.15. The predicted molar refractivity (Wildman–Crippen MR) is 93.6 cm³/mol. The summed E-state index contributed by atoms with van der Waals surface area (Å²) in [4.78, 5) is 41.0. The maximum atomic E-state index is 12.4. The van der Waals surface area contributed by atoms with E-state index in [1.54, 1.807) is 11.4 Å². The molecule has 1 aliphatic rings. The SMILES string of the molecule is COc1cc(/C=C2\NC(=O)N(CC(=O)Nc3nccs3)C2=O)ccc1O. The van der Waals surface area contributed by atoms with Crippen LogP contribution in [-0.4, -0.2) is 46.5 Å². The Morgan fingerprint density at radius 2 is 2.27 bits per heavy atom. The second-order valence-corrected chi connectivity index (χ2v) is 6.09. The number of nitrogens with zero attached hydrogens (tertiary/aromatic N) is 2. The predicted octanol–water partition coefficient (Wildman–Crippen LogP) is 1.39. The summed E-state index contributed by atoms with van der Waals surface area (Å²) in [5, 5.41) is 16.6. The van der Waals surface area contributed by atoms with Crippen LogP contribution in [0, 0.1) is 0 Å². The van der Waals surface area contributed by atoms with Crippen LogP contribution in [0.5, 0.6) is 11.5 Å². The van der Waals surface area contributed by atoms with Crippen molar-refractivity contribution in [3.05, 3.63) is 41.0 Å². The lowest BCUT2D eigenvalue weighted by atomic mass is 10.1. The Morgan fingerprint density at radius 3 is 2.96 bits per heavy atom. The molecule has 0 unspecified atom stereocenters. The quantitative estimate of drug-likeness (QED) is 0.537. The summed E-state index contributed by atoms with van der Waals surface area (Å²) in [6.07, 6.45) is 2.96. The highest BCUT2D eigenvalue weighted by Crippen LogP contribution is 2.27. The van der Waals surface area contributed by atoms with Gasteiger partial charge in [-0.15, -0.1) is 11.3 Å².